The fourth-order valence-electron chi connectivity index (χ4n) is 2.84. The van der Waals surface area contributed by atoms with Gasteiger partial charge in [-0.25, -0.2) is 4.39 Å². The Kier molecular flexibility index (Phi) is 4.73. The van der Waals surface area contributed by atoms with Crippen LogP contribution in [-0.4, -0.2) is 31.1 Å². The third-order valence-electron chi connectivity index (χ3n) is 3.85. The molecule has 0 radical (unpaired) electrons. The summed E-state index contributed by atoms with van der Waals surface area (Å²) in [6.07, 6.45) is 0. The molecule has 0 amide bonds. The van der Waals surface area contributed by atoms with Crippen molar-refractivity contribution in [2.24, 2.45) is 17.6 Å². The molecular formula is C15H21FN2O2. The highest BCUT2D eigenvalue weighted by Crippen LogP contribution is 2.25. The third kappa shape index (κ3) is 3.35. The topological polar surface area (TPSA) is 55.6 Å². The Hall–Kier alpha value is -1.46. The lowest BCUT2D eigenvalue weighted by atomic mass is 9.99. The fourth-order valence-corrected chi connectivity index (χ4v) is 2.84. The molecule has 0 spiro atoms. The van der Waals surface area contributed by atoms with Crippen molar-refractivity contribution in [2.45, 2.75) is 20.0 Å². The maximum absolute atomic E-state index is 13.5. The molecule has 0 bridgehead atoms. The first-order chi connectivity index (χ1) is 9.53. The van der Waals surface area contributed by atoms with Gasteiger partial charge in [-0.2, -0.15) is 0 Å². The number of halogens is 1. The maximum atomic E-state index is 13.5. The second kappa shape index (κ2) is 6.33. The number of carbonyl (C=O) groups is 1. The zero-order valence-corrected chi connectivity index (χ0v) is 11.9. The van der Waals surface area contributed by atoms with Gasteiger partial charge in [-0.1, -0.05) is 13.0 Å². The smallest absolute Gasteiger partial charge is 0.310 e. The van der Waals surface area contributed by atoms with Crippen molar-refractivity contribution in [3.8, 4) is 0 Å². The van der Waals surface area contributed by atoms with E-state index >= 15 is 0 Å². The minimum absolute atomic E-state index is 0.0949. The van der Waals surface area contributed by atoms with E-state index in [1.165, 1.54) is 19.2 Å². The minimum Gasteiger partial charge on any atom is -0.469 e. The van der Waals surface area contributed by atoms with Crippen LogP contribution in [0.25, 0.3) is 0 Å². The van der Waals surface area contributed by atoms with Crippen LogP contribution in [0.5, 0.6) is 0 Å². The highest BCUT2D eigenvalue weighted by molar-refractivity contribution is 5.73. The van der Waals surface area contributed by atoms with E-state index in [9.17, 15) is 9.18 Å². The molecular weight excluding hydrogens is 259 g/mol. The van der Waals surface area contributed by atoms with Gasteiger partial charge in [-0.05, 0) is 29.2 Å². The number of nitrogens with two attached hydrogens (primary N) is 1. The number of esters is 1. The summed E-state index contributed by atoms with van der Waals surface area (Å²) in [6, 6.07) is 4.89. The van der Waals surface area contributed by atoms with Gasteiger partial charge in [0.25, 0.3) is 0 Å². The van der Waals surface area contributed by atoms with E-state index in [4.69, 9.17) is 10.5 Å². The second-order valence-corrected chi connectivity index (χ2v) is 5.47. The zero-order valence-electron chi connectivity index (χ0n) is 11.9. The molecule has 1 aliphatic rings. The molecule has 110 valence electrons. The molecule has 1 aromatic carbocycles. The molecule has 0 aromatic heterocycles. The molecule has 1 heterocycles. The van der Waals surface area contributed by atoms with Crippen LogP contribution in [0.15, 0.2) is 18.2 Å². The van der Waals surface area contributed by atoms with Crippen LogP contribution in [0.3, 0.4) is 0 Å². The van der Waals surface area contributed by atoms with Crippen molar-refractivity contribution in [3.05, 3.63) is 35.1 Å². The fraction of sp³-hybridized carbons (Fsp3) is 0.533. The van der Waals surface area contributed by atoms with E-state index in [1.54, 1.807) is 0 Å². The third-order valence-corrected chi connectivity index (χ3v) is 3.85. The largest absolute Gasteiger partial charge is 0.469 e. The van der Waals surface area contributed by atoms with Gasteiger partial charge in [0.1, 0.15) is 5.82 Å². The number of hydrogen-bond donors (Lipinski definition) is 1. The van der Waals surface area contributed by atoms with E-state index in [-0.39, 0.29) is 23.6 Å². The van der Waals surface area contributed by atoms with E-state index < -0.39 is 0 Å². The van der Waals surface area contributed by atoms with Gasteiger partial charge in [-0.3, -0.25) is 9.69 Å². The summed E-state index contributed by atoms with van der Waals surface area (Å²) in [5.41, 5.74) is 7.24. The highest BCUT2D eigenvalue weighted by Gasteiger charge is 2.35. The molecule has 5 heteroatoms. The van der Waals surface area contributed by atoms with Gasteiger partial charge in [0.05, 0.1) is 13.0 Å². The zero-order chi connectivity index (χ0) is 14.7. The summed E-state index contributed by atoms with van der Waals surface area (Å²) >= 11 is 0. The van der Waals surface area contributed by atoms with Gasteiger partial charge >= 0.3 is 5.97 Å². The first-order valence-corrected chi connectivity index (χ1v) is 6.82. The van der Waals surface area contributed by atoms with Crippen LogP contribution < -0.4 is 5.73 Å². The SMILES string of the molecule is COC(=O)C1CN(Cc2cc(F)cc(CN)c2)CC1C. The van der Waals surface area contributed by atoms with Crippen LogP contribution in [0.4, 0.5) is 4.39 Å². The molecule has 0 aliphatic carbocycles. The predicted molar refractivity (Wildman–Crippen MR) is 74.2 cm³/mol. The van der Waals surface area contributed by atoms with Crippen LogP contribution in [-0.2, 0) is 22.6 Å². The number of rotatable bonds is 4. The van der Waals surface area contributed by atoms with Crippen molar-refractivity contribution < 1.29 is 13.9 Å². The first-order valence-electron chi connectivity index (χ1n) is 6.82. The molecule has 1 saturated heterocycles. The number of methoxy groups -OCH3 is 1. The van der Waals surface area contributed by atoms with Crippen molar-refractivity contribution in [2.75, 3.05) is 20.2 Å². The number of likely N-dealkylation sites (tertiary alicyclic amines) is 1. The second-order valence-electron chi connectivity index (χ2n) is 5.47. The summed E-state index contributed by atoms with van der Waals surface area (Å²) < 4.78 is 18.3. The van der Waals surface area contributed by atoms with Crippen LogP contribution in [0, 0.1) is 17.7 Å². The van der Waals surface area contributed by atoms with Crippen molar-refractivity contribution >= 4 is 5.97 Å². The average Bonchev–Trinajstić information content (AvgIpc) is 2.77. The number of nitrogens with zero attached hydrogens (tertiary/aromatic N) is 1. The molecule has 1 aliphatic heterocycles. The Morgan fingerprint density at radius 1 is 1.40 bits per heavy atom. The van der Waals surface area contributed by atoms with E-state index in [1.807, 2.05) is 13.0 Å². The molecule has 2 N–H and O–H groups in total. The first kappa shape index (κ1) is 14.9. The standard InChI is InChI=1S/C15H21FN2O2/c1-10-7-18(9-14(10)15(19)20-2)8-12-3-11(6-17)4-13(16)5-12/h3-5,10,14H,6-9,17H2,1-2H3. The molecule has 2 unspecified atom stereocenters. The van der Waals surface area contributed by atoms with Crippen molar-refractivity contribution in [3.63, 3.8) is 0 Å². The molecule has 4 nitrogen and oxygen atoms in total. The summed E-state index contributed by atoms with van der Waals surface area (Å²) in [4.78, 5) is 13.8. The van der Waals surface area contributed by atoms with Gasteiger partial charge < -0.3 is 10.5 Å². The van der Waals surface area contributed by atoms with E-state index in [0.717, 1.165) is 17.7 Å². The minimum atomic E-state index is -0.264. The molecule has 2 atom stereocenters. The van der Waals surface area contributed by atoms with Gasteiger partial charge in [0.15, 0.2) is 0 Å². The molecule has 1 fully saturated rings. The van der Waals surface area contributed by atoms with Crippen LogP contribution >= 0.6 is 0 Å². The number of benzene rings is 1. The average molecular weight is 280 g/mol. The predicted octanol–water partition coefficient (Wildman–Crippen LogP) is 1.53. The monoisotopic (exact) mass is 280 g/mol. The van der Waals surface area contributed by atoms with Crippen LogP contribution in [0.1, 0.15) is 18.1 Å². The van der Waals surface area contributed by atoms with E-state index in [2.05, 4.69) is 4.90 Å². The molecule has 0 saturated carbocycles. The molecule has 20 heavy (non-hydrogen) atoms. The quantitative estimate of drug-likeness (QED) is 0.850. The van der Waals surface area contributed by atoms with E-state index in [0.29, 0.717) is 19.6 Å². The van der Waals surface area contributed by atoms with Gasteiger partial charge in [0.2, 0.25) is 0 Å². The Labute approximate surface area is 118 Å². The number of hydrogen-bond acceptors (Lipinski definition) is 4. The summed E-state index contributed by atoms with van der Waals surface area (Å²) in [5.74, 6) is -0.269. The highest BCUT2D eigenvalue weighted by atomic mass is 19.1. The Morgan fingerprint density at radius 3 is 2.75 bits per heavy atom. The van der Waals surface area contributed by atoms with Crippen molar-refractivity contribution in [1.82, 2.24) is 4.90 Å². The summed E-state index contributed by atoms with van der Waals surface area (Å²) in [6.45, 7) is 4.46. The summed E-state index contributed by atoms with van der Waals surface area (Å²) in [5, 5.41) is 0. The Bertz CT molecular complexity index is 493. The number of carbonyl (C=O) groups excluding carboxylic acids is 1. The number of ether oxygens (including phenoxy) is 1. The van der Waals surface area contributed by atoms with Gasteiger partial charge in [0, 0.05) is 26.2 Å². The normalized spacial score (nSPS) is 23.0. The molecule has 2 rings (SSSR count). The Balaban J connectivity index is 2.04. The molecule has 1 aromatic rings. The Morgan fingerprint density at radius 2 is 2.10 bits per heavy atom. The summed E-state index contributed by atoms with van der Waals surface area (Å²) in [7, 11) is 1.41. The maximum Gasteiger partial charge on any atom is 0.310 e. The lowest BCUT2D eigenvalue weighted by Crippen LogP contribution is -2.24. The lowest BCUT2D eigenvalue weighted by molar-refractivity contribution is -0.146. The van der Waals surface area contributed by atoms with Crippen LogP contribution in [0.2, 0.25) is 0 Å². The van der Waals surface area contributed by atoms with Crippen molar-refractivity contribution in [1.29, 1.82) is 0 Å². The van der Waals surface area contributed by atoms with Gasteiger partial charge in [-0.15, -0.1) is 0 Å². The lowest BCUT2D eigenvalue weighted by Gasteiger charge is -2.16.